The van der Waals surface area contributed by atoms with Crippen molar-refractivity contribution in [2.45, 2.75) is 0 Å². The second-order valence-electron chi connectivity index (χ2n) is 3.53. The van der Waals surface area contributed by atoms with E-state index >= 15 is 0 Å². The molecular weight excluding hydrogens is 212 g/mol. The first-order valence-electron chi connectivity index (χ1n) is 5.24. The maximum atomic E-state index is 11.1. The van der Waals surface area contributed by atoms with E-state index in [0.29, 0.717) is 17.0 Å². The molecule has 2 N–H and O–H groups in total. The van der Waals surface area contributed by atoms with Gasteiger partial charge in [0, 0.05) is 6.20 Å². The molecule has 2 aromatic rings. The van der Waals surface area contributed by atoms with Gasteiger partial charge < -0.3 is 5.73 Å². The van der Waals surface area contributed by atoms with Crippen molar-refractivity contribution in [2.75, 3.05) is 0 Å². The van der Waals surface area contributed by atoms with Gasteiger partial charge in [-0.1, -0.05) is 36.4 Å². The molecule has 3 heteroatoms. The van der Waals surface area contributed by atoms with Crippen LogP contribution in [-0.4, -0.2) is 11.3 Å². The zero-order valence-electron chi connectivity index (χ0n) is 9.21. The summed E-state index contributed by atoms with van der Waals surface area (Å²) < 4.78 is 0. The van der Waals surface area contributed by atoms with E-state index in [0.717, 1.165) is 11.8 Å². The fourth-order valence-corrected chi connectivity index (χ4v) is 1.56. The maximum absolute atomic E-state index is 11.1. The molecule has 1 aromatic heterocycles. The molecule has 0 spiro atoms. The predicted molar refractivity (Wildman–Crippen MR) is 67.7 cm³/mol. The number of hydrogen-bond donors (Lipinski definition) is 1. The molecule has 0 aliphatic rings. The number of allylic oxidation sites excluding steroid dienone is 1. The summed E-state index contributed by atoms with van der Waals surface area (Å²) in [5, 5.41) is 0. The second-order valence-corrected chi connectivity index (χ2v) is 3.53. The summed E-state index contributed by atoms with van der Waals surface area (Å²) >= 11 is 0. The molecule has 17 heavy (non-hydrogen) atoms. The first-order valence-corrected chi connectivity index (χ1v) is 5.24. The molecule has 0 saturated heterocycles. The number of aromatic nitrogens is 1. The Kier molecular flexibility index (Phi) is 3.31. The molecule has 0 atom stereocenters. The average Bonchev–Trinajstić information content (AvgIpc) is 2.42. The van der Waals surface area contributed by atoms with Crippen molar-refractivity contribution in [3.63, 3.8) is 0 Å². The lowest BCUT2D eigenvalue weighted by molar-refractivity contribution is -0.103. The molecular formula is C14H12N2O. The fraction of sp³-hybridized carbons (Fsp3) is 0. The van der Waals surface area contributed by atoms with E-state index in [9.17, 15) is 4.79 Å². The Morgan fingerprint density at radius 3 is 2.35 bits per heavy atom. The highest BCUT2D eigenvalue weighted by atomic mass is 16.1. The van der Waals surface area contributed by atoms with Gasteiger partial charge in [0.1, 0.15) is 0 Å². The number of rotatable bonds is 3. The monoisotopic (exact) mass is 224 g/mol. The molecule has 1 heterocycles. The van der Waals surface area contributed by atoms with Crippen LogP contribution < -0.4 is 5.73 Å². The van der Waals surface area contributed by atoms with E-state index < -0.39 is 0 Å². The minimum atomic E-state index is 0.414. The van der Waals surface area contributed by atoms with E-state index in [1.54, 1.807) is 18.3 Å². The summed E-state index contributed by atoms with van der Waals surface area (Å²) in [5.74, 6) is 0. The molecule has 0 bridgehead atoms. The number of carbonyl (C=O) groups excluding carboxylic acids is 1. The van der Waals surface area contributed by atoms with Crippen molar-refractivity contribution in [1.29, 1.82) is 0 Å². The van der Waals surface area contributed by atoms with Gasteiger partial charge in [0.15, 0.2) is 6.29 Å². The van der Waals surface area contributed by atoms with Gasteiger partial charge in [-0.25, -0.2) is 0 Å². The molecule has 0 aliphatic carbocycles. The first-order chi connectivity index (χ1) is 8.33. The molecule has 0 unspecified atom stereocenters. The highest BCUT2D eigenvalue weighted by molar-refractivity contribution is 6.15. The van der Waals surface area contributed by atoms with Crippen LogP contribution in [-0.2, 0) is 4.79 Å². The van der Waals surface area contributed by atoms with E-state index in [2.05, 4.69) is 4.98 Å². The smallest absolute Gasteiger partial charge is 0.154 e. The van der Waals surface area contributed by atoms with Gasteiger partial charge in [0.25, 0.3) is 0 Å². The summed E-state index contributed by atoms with van der Waals surface area (Å²) in [5.41, 5.74) is 8.25. The summed E-state index contributed by atoms with van der Waals surface area (Å²) in [6, 6.07) is 14.8. The fourth-order valence-electron chi connectivity index (χ4n) is 1.56. The number of carbonyl (C=O) groups is 1. The summed E-state index contributed by atoms with van der Waals surface area (Å²) in [4.78, 5) is 15.3. The van der Waals surface area contributed by atoms with Crippen LogP contribution in [0.3, 0.4) is 0 Å². The van der Waals surface area contributed by atoms with Crippen LogP contribution in [0.5, 0.6) is 0 Å². The topological polar surface area (TPSA) is 56.0 Å². The highest BCUT2D eigenvalue weighted by Crippen LogP contribution is 2.18. The molecule has 1 aromatic carbocycles. The Morgan fingerprint density at radius 2 is 1.76 bits per heavy atom. The Bertz CT molecular complexity index is 533. The van der Waals surface area contributed by atoms with Crippen molar-refractivity contribution in [3.05, 3.63) is 66.0 Å². The normalized spacial score (nSPS) is 11.8. The third-order valence-corrected chi connectivity index (χ3v) is 2.43. The summed E-state index contributed by atoms with van der Waals surface area (Å²) in [6.45, 7) is 0. The molecule has 0 fully saturated rings. The van der Waals surface area contributed by atoms with Gasteiger partial charge in [-0.3, -0.25) is 9.78 Å². The predicted octanol–water partition coefficient (Wildman–Crippen LogP) is 2.11. The zero-order valence-corrected chi connectivity index (χ0v) is 9.21. The zero-order chi connectivity index (χ0) is 12.1. The number of aldehydes is 1. The highest BCUT2D eigenvalue weighted by Gasteiger charge is 2.08. The van der Waals surface area contributed by atoms with Crippen molar-refractivity contribution in [3.8, 4) is 0 Å². The quantitative estimate of drug-likeness (QED) is 0.641. The molecule has 3 nitrogen and oxygen atoms in total. The van der Waals surface area contributed by atoms with Crippen molar-refractivity contribution < 1.29 is 4.79 Å². The molecule has 0 saturated carbocycles. The lowest BCUT2D eigenvalue weighted by Crippen LogP contribution is -2.03. The minimum Gasteiger partial charge on any atom is -0.398 e. The summed E-state index contributed by atoms with van der Waals surface area (Å²) in [6.07, 6.45) is 2.38. The standard InChI is InChI=1S/C14H12N2O/c15-14(11-6-2-1-3-7-11)12(10-17)13-8-4-5-9-16-13/h1-10H,15H2/b14-12-. The Morgan fingerprint density at radius 1 is 1.06 bits per heavy atom. The molecule has 84 valence electrons. The van der Waals surface area contributed by atoms with Crippen LogP contribution >= 0.6 is 0 Å². The molecule has 0 radical (unpaired) electrons. The minimum absolute atomic E-state index is 0.414. The van der Waals surface area contributed by atoms with E-state index in [1.807, 2.05) is 36.4 Å². The van der Waals surface area contributed by atoms with Crippen LogP contribution in [0.25, 0.3) is 11.3 Å². The largest absolute Gasteiger partial charge is 0.398 e. The number of pyridine rings is 1. The third kappa shape index (κ3) is 2.39. The van der Waals surface area contributed by atoms with E-state index in [1.165, 1.54) is 0 Å². The average molecular weight is 224 g/mol. The van der Waals surface area contributed by atoms with Gasteiger partial charge >= 0.3 is 0 Å². The number of nitrogens with zero attached hydrogens (tertiary/aromatic N) is 1. The van der Waals surface area contributed by atoms with Crippen LogP contribution in [0.15, 0.2) is 54.7 Å². The molecule has 2 rings (SSSR count). The maximum Gasteiger partial charge on any atom is 0.154 e. The summed E-state index contributed by atoms with van der Waals surface area (Å²) in [7, 11) is 0. The number of benzene rings is 1. The van der Waals surface area contributed by atoms with Crippen LogP contribution in [0.1, 0.15) is 11.3 Å². The van der Waals surface area contributed by atoms with Crippen molar-refractivity contribution in [2.24, 2.45) is 5.73 Å². The lowest BCUT2D eigenvalue weighted by Gasteiger charge is -2.06. The Labute approximate surface area is 99.6 Å². The van der Waals surface area contributed by atoms with Gasteiger partial charge in [-0.2, -0.15) is 0 Å². The number of nitrogens with two attached hydrogens (primary N) is 1. The van der Waals surface area contributed by atoms with Crippen molar-refractivity contribution in [1.82, 2.24) is 4.98 Å². The lowest BCUT2D eigenvalue weighted by atomic mass is 10.0. The van der Waals surface area contributed by atoms with E-state index in [4.69, 9.17) is 5.73 Å². The Hall–Kier alpha value is -2.42. The van der Waals surface area contributed by atoms with Crippen LogP contribution in [0.2, 0.25) is 0 Å². The van der Waals surface area contributed by atoms with Crippen LogP contribution in [0, 0.1) is 0 Å². The van der Waals surface area contributed by atoms with Gasteiger partial charge in [0.05, 0.1) is 17.0 Å². The van der Waals surface area contributed by atoms with Gasteiger partial charge in [-0.15, -0.1) is 0 Å². The van der Waals surface area contributed by atoms with Gasteiger partial charge in [0.2, 0.25) is 0 Å². The van der Waals surface area contributed by atoms with Crippen LogP contribution in [0.4, 0.5) is 0 Å². The molecule has 0 amide bonds. The van der Waals surface area contributed by atoms with Gasteiger partial charge in [-0.05, 0) is 17.7 Å². The SMILES string of the molecule is N/C(=C(/C=O)c1ccccn1)c1ccccc1. The first kappa shape index (κ1) is 11.1. The second kappa shape index (κ2) is 5.07. The van der Waals surface area contributed by atoms with Crippen molar-refractivity contribution >= 4 is 17.6 Å². The van der Waals surface area contributed by atoms with E-state index in [-0.39, 0.29) is 0 Å². The number of hydrogen-bond acceptors (Lipinski definition) is 3. The Balaban J connectivity index is 2.52. The molecule has 0 aliphatic heterocycles. The third-order valence-electron chi connectivity index (χ3n) is 2.43.